The number of fused-ring (bicyclic) bond motifs is 1. The van der Waals surface area contributed by atoms with Crippen LogP contribution in [0.4, 0.5) is 5.69 Å². The van der Waals surface area contributed by atoms with Gasteiger partial charge in [0.1, 0.15) is 0 Å². The van der Waals surface area contributed by atoms with Gasteiger partial charge in [0.25, 0.3) is 0 Å². The summed E-state index contributed by atoms with van der Waals surface area (Å²) in [6, 6.07) is 14.3. The number of nitriles is 1. The van der Waals surface area contributed by atoms with E-state index in [9.17, 15) is 5.26 Å². The van der Waals surface area contributed by atoms with Gasteiger partial charge < -0.3 is 5.32 Å². The molecular weight excluding hydrogens is 276 g/mol. The first kappa shape index (κ1) is 15.7. The zero-order valence-electron chi connectivity index (χ0n) is 12.9. The molecule has 0 radical (unpaired) electrons. The average molecular weight is 298 g/mol. The van der Waals surface area contributed by atoms with Crippen LogP contribution in [0.2, 0.25) is 0 Å². The standard InChI is InChI=1S/C18H22N2S/c1-4-18(5-2,21-3)13-20-17-11-10-14(12-19)15-8-6-7-9-16(15)17/h6-11,20H,4-5,13H2,1-3H3. The Bertz CT molecular complexity index is 646. The molecule has 1 N–H and O–H groups in total. The Labute approximate surface area is 131 Å². The van der Waals surface area contributed by atoms with Crippen LogP contribution in [0.3, 0.4) is 0 Å². The summed E-state index contributed by atoms with van der Waals surface area (Å²) in [6.07, 6.45) is 4.48. The van der Waals surface area contributed by atoms with Gasteiger partial charge in [-0.2, -0.15) is 17.0 Å². The van der Waals surface area contributed by atoms with Gasteiger partial charge in [-0.05, 0) is 31.2 Å². The summed E-state index contributed by atoms with van der Waals surface area (Å²) in [5.41, 5.74) is 1.85. The molecule has 2 aromatic carbocycles. The lowest BCUT2D eigenvalue weighted by atomic mass is 10.0. The van der Waals surface area contributed by atoms with Crippen LogP contribution in [0, 0.1) is 11.3 Å². The van der Waals surface area contributed by atoms with Crippen LogP contribution in [0.1, 0.15) is 32.3 Å². The summed E-state index contributed by atoms with van der Waals surface area (Å²) in [5.74, 6) is 0. The minimum atomic E-state index is 0.273. The monoisotopic (exact) mass is 298 g/mol. The van der Waals surface area contributed by atoms with Crippen LogP contribution in [0.25, 0.3) is 10.8 Å². The van der Waals surface area contributed by atoms with Crippen molar-refractivity contribution in [2.24, 2.45) is 0 Å². The van der Waals surface area contributed by atoms with Gasteiger partial charge in [0.15, 0.2) is 0 Å². The topological polar surface area (TPSA) is 35.8 Å². The fourth-order valence-corrected chi connectivity index (χ4v) is 3.46. The van der Waals surface area contributed by atoms with E-state index >= 15 is 0 Å². The van der Waals surface area contributed by atoms with Crippen molar-refractivity contribution in [1.29, 1.82) is 5.26 Å². The molecule has 0 amide bonds. The molecule has 2 aromatic rings. The van der Waals surface area contributed by atoms with E-state index in [1.54, 1.807) is 0 Å². The molecule has 3 heteroatoms. The molecule has 0 aliphatic heterocycles. The summed E-state index contributed by atoms with van der Waals surface area (Å²) in [7, 11) is 0. The van der Waals surface area contributed by atoms with Crippen molar-refractivity contribution >= 4 is 28.2 Å². The van der Waals surface area contributed by atoms with Gasteiger partial charge in [-0.3, -0.25) is 0 Å². The van der Waals surface area contributed by atoms with Gasteiger partial charge in [-0.1, -0.05) is 38.1 Å². The van der Waals surface area contributed by atoms with Crippen molar-refractivity contribution in [3.8, 4) is 6.07 Å². The largest absolute Gasteiger partial charge is 0.383 e. The molecule has 110 valence electrons. The van der Waals surface area contributed by atoms with Crippen LogP contribution in [-0.4, -0.2) is 17.5 Å². The summed E-state index contributed by atoms with van der Waals surface area (Å²) in [6.45, 7) is 5.44. The Balaban J connectivity index is 2.34. The highest BCUT2D eigenvalue weighted by Crippen LogP contribution is 2.32. The fourth-order valence-electron chi connectivity index (χ4n) is 2.67. The predicted molar refractivity (Wildman–Crippen MR) is 94.0 cm³/mol. The highest BCUT2D eigenvalue weighted by atomic mass is 32.2. The Morgan fingerprint density at radius 3 is 2.33 bits per heavy atom. The summed E-state index contributed by atoms with van der Waals surface area (Å²) in [4.78, 5) is 0. The molecule has 2 rings (SSSR count). The first-order chi connectivity index (χ1) is 10.2. The first-order valence-electron chi connectivity index (χ1n) is 7.40. The average Bonchev–Trinajstić information content (AvgIpc) is 2.56. The van der Waals surface area contributed by atoms with E-state index in [1.807, 2.05) is 42.1 Å². The second kappa shape index (κ2) is 6.87. The molecule has 0 saturated carbocycles. The molecule has 0 bridgehead atoms. The van der Waals surface area contributed by atoms with Crippen molar-refractivity contribution in [1.82, 2.24) is 0 Å². The number of nitrogens with zero attached hydrogens (tertiary/aromatic N) is 1. The number of hydrogen-bond donors (Lipinski definition) is 1. The third-order valence-electron chi connectivity index (χ3n) is 4.37. The molecule has 0 fully saturated rings. The lowest BCUT2D eigenvalue weighted by Crippen LogP contribution is -2.32. The molecule has 0 atom stereocenters. The van der Waals surface area contributed by atoms with Crippen molar-refractivity contribution < 1.29 is 0 Å². The Morgan fingerprint density at radius 2 is 1.76 bits per heavy atom. The van der Waals surface area contributed by atoms with E-state index in [4.69, 9.17) is 0 Å². The maximum absolute atomic E-state index is 9.23. The van der Waals surface area contributed by atoms with Crippen molar-refractivity contribution in [3.63, 3.8) is 0 Å². The van der Waals surface area contributed by atoms with E-state index in [-0.39, 0.29) is 4.75 Å². The zero-order valence-corrected chi connectivity index (χ0v) is 13.8. The molecule has 0 spiro atoms. The zero-order chi connectivity index (χ0) is 15.3. The van der Waals surface area contributed by atoms with Gasteiger partial charge in [0, 0.05) is 27.8 Å². The highest BCUT2D eigenvalue weighted by Gasteiger charge is 2.24. The summed E-state index contributed by atoms with van der Waals surface area (Å²) >= 11 is 1.93. The lowest BCUT2D eigenvalue weighted by Gasteiger charge is -2.30. The fraction of sp³-hybridized carbons (Fsp3) is 0.389. The van der Waals surface area contributed by atoms with Gasteiger partial charge in [0.2, 0.25) is 0 Å². The van der Waals surface area contributed by atoms with Crippen LogP contribution < -0.4 is 5.32 Å². The van der Waals surface area contributed by atoms with Crippen molar-refractivity contribution in [3.05, 3.63) is 42.0 Å². The molecule has 0 saturated heterocycles. The smallest absolute Gasteiger partial charge is 0.0998 e. The van der Waals surface area contributed by atoms with Gasteiger partial charge in [-0.15, -0.1) is 0 Å². The Hall–Kier alpha value is -1.66. The molecular formula is C18H22N2S. The number of rotatable bonds is 6. The second-order valence-corrected chi connectivity index (χ2v) is 6.54. The third kappa shape index (κ3) is 3.16. The Morgan fingerprint density at radius 1 is 1.10 bits per heavy atom. The predicted octanol–water partition coefficient (Wildman–Crippen LogP) is 5.05. The molecule has 0 unspecified atom stereocenters. The first-order valence-corrected chi connectivity index (χ1v) is 8.63. The maximum Gasteiger partial charge on any atom is 0.0998 e. The van der Waals surface area contributed by atoms with E-state index in [0.717, 1.165) is 41.4 Å². The van der Waals surface area contributed by atoms with E-state index in [0.29, 0.717) is 0 Å². The number of benzene rings is 2. The van der Waals surface area contributed by atoms with Gasteiger partial charge in [0.05, 0.1) is 11.6 Å². The quantitative estimate of drug-likeness (QED) is 0.811. The molecule has 0 aromatic heterocycles. The molecule has 0 aliphatic rings. The van der Waals surface area contributed by atoms with Gasteiger partial charge in [-0.25, -0.2) is 0 Å². The van der Waals surface area contributed by atoms with Crippen LogP contribution >= 0.6 is 11.8 Å². The number of thioether (sulfide) groups is 1. The van der Waals surface area contributed by atoms with Crippen LogP contribution in [0.5, 0.6) is 0 Å². The van der Waals surface area contributed by atoms with E-state index in [2.05, 4.69) is 37.6 Å². The summed E-state index contributed by atoms with van der Waals surface area (Å²) < 4.78 is 0.273. The van der Waals surface area contributed by atoms with Crippen molar-refractivity contribution in [2.45, 2.75) is 31.4 Å². The lowest BCUT2D eigenvalue weighted by molar-refractivity contribution is 0.575. The van der Waals surface area contributed by atoms with Crippen molar-refractivity contribution in [2.75, 3.05) is 18.1 Å². The second-order valence-electron chi connectivity index (χ2n) is 5.27. The molecule has 2 nitrogen and oxygen atoms in total. The van der Waals surface area contributed by atoms with Crippen LogP contribution in [-0.2, 0) is 0 Å². The minimum Gasteiger partial charge on any atom is -0.383 e. The third-order valence-corrected chi connectivity index (χ3v) is 5.95. The maximum atomic E-state index is 9.23. The SMILES string of the molecule is CCC(CC)(CNc1ccc(C#N)c2ccccc12)SC. The van der Waals surface area contributed by atoms with E-state index < -0.39 is 0 Å². The normalized spacial score (nSPS) is 11.3. The number of hydrogen-bond acceptors (Lipinski definition) is 3. The highest BCUT2D eigenvalue weighted by molar-refractivity contribution is 8.00. The van der Waals surface area contributed by atoms with Gasteiger partial charge >= 0.3 is 0 Å². The number of anilines is 1. The molecule has 0 aliphatic carbocycles. The molecule has 0 heterocycles. The Kier molecular flexibility index (Phi) is 5.14. The molecule has 21 heavy (non-hydrogen) atoms. The van der Waals surface area contributed by atoms with E-state index in [1.165, 1.54) is 0 Å². The minimum absolute atomic E-state index is 0.273. The number of nitrogens with one attached hydrogen (secondary N) is 1. The summed E-state index contributed by atoms with van der Waals surface area (Å²) in [5, 5.41) is 15.0. The van der Waals surface area contributed by atoms with Crippen LogP contribution in [0.15, 0.2) is 36.4 Å².